The lowest BCUT2D eigenvalue weighted by atomic mass is 10.2. The minimum absolute atomic E-state index is 0.00561. The summed E-state index contributed by atoms with van der Waals surface area (Å²) in [5, 5.41) is 12.3. The number of nitrogens with zero attached hydrogens (tertiary/aromatic N) is 2. The maximum absolute atomic E-state index is 11.7. The molecule has 0 radical (unpaired) electrons. The number of β-amino-alcohol motifs (C(OH)–C–C–N with tert-alkyl or cyclic N) is 1. The van der Waals surface area contributed by atoms with Crippen molar-refractivity contribution in [3.8, 4) is 0 Å². The Kier molecular flexibility index (Phi) is 8.22. The Morgan fingerprint density at radius 1 is 1.30 bits per heavy atom. The predicted molar refractivity (Wildman–Crippen MR) is 74.7 cm³/mol. The van der Waals surface area contributed by atoms with Crippen molar-refractivity contribution in [1.29, 1.82) is 0 Å². The van der Waals surface area contributed by atoms with Crippen molar-refractivity contribution in [3.05, 3.63) is 0 Å². The van der Waals surface area contributed by atoms with Crippen molar-refractivity contribution in [2.75, 3.05) is 32.8 Å². The average molecular weight is 286 g/mol. The Balaban J connectivity index is 2.17. The van der Waals surface area contributed by atoms with Crippen LogP contribution < -0.4 is 0 Å². The predicted octanol–water partition coefficient (Wildman–Crippen LogP) is 0.942. The molecule has 1 rings (SSSR count). The number of hydrogen-bond acceptors (Lipinski definition) is 5. The molecule has 1 amide bonds. The molecule has 0 aromatic rings. The van der Waals surface area contributed by atoms with Crippen LogP contribution in [0.2, 0.25) is 0 Å². The number of ether oxygens (including phenoxy) is 1. The number of hydrazine groups is 1. The van der Waals surface area contributed by atoms with Crippen molar-refractivity contribution >= 4 is 11.9 Å². The van der Waals surface area contributed by atoms with Crippen molar-refractivity contribution < 1.29 is 19.4 Å². The third kappa shape index (κ3) is 5.88. The molecule has 6 nitrogen and oxygen atoms in total. The van der Waals surface area contributed by atoms with Gasteiger partial charge in [-0.25, -0.2) is 5.01 Å². The minimum Gasteiger partial charge on any atom is -0.466 e. The van der Waals surface area contributed by atoms with Gasteiger partial charge in [-0.3, -0.25) is 14.6 Å². The zero-order valence-corrected chi connectivity index (χ0v) is 12.3. The van der Waals surface area contributed by atoms with Crippen LogP contribution in [0.4, 0.5) is 0 Å². The van der Waals surface area contributed by atoms with Gasteiger partial charge >= 0.3 is 5.97 Å². The third-order valence-electron chi connectivity index (χ3n) is 3.36. The summed E-state index contributed by atoms with van der Waals surface area (Å²) in [6.45, 7) is 3.99. The quantitative estimate of drug-likeness (QED) is 0.478. The fraction of sp³-hybridized carbons (Fsp3) is 0.857. The number of hydrogen-bond donors (Lipinski definition) is 1. The summed E-state index contributed by atoms with van der Waals surface area (Å²) in [5.74, 6) is -0.251. The molecule has 1 heterocycles. The lowest BCUT2D eigenvalue weighted by molar-refractivity contribution is -0.147. The highest BCUT2D eigenvalue weighted by molar-refractivity contribution is 5.78. The summed E-state index contributed by atoms with van der Waals surface area (Å²) >= 11 is 0. The van der Waals surface area contributed by atoms with E-state index >= 15 is 0 Å². The van der Waals surface area contributed by atoms with Crippen LogP contribution in [0.15, 0.2) is 0 Å². The first kappa shape index (κ1) is 16.9. The SMILES string of the molecule is CCCCCCOC(=O)CCN1C(=O)CCN1CCO. The average Bonchev–Trinajstić information content (AvgIpc) is 2.77. The van der Waals surface area contributed by atoms with Gasteiger partial charge in [0, 0.05) is 26.1 Å². The Labute approximate surface area is 120 Å². The highest BCUT2D eigenvalue weighted by atomic mass is 16.5. The molecular weight excluding hydrogens is 260 g/mol. The molecule has 1 aliphatic heterocycles. The smallest absolute Gasteiger partial charge is 0.307 e. The zero-order chi connectivity index (χ0) is 14.8. The van der Waals surface area contributed by atoms with Gasteiger partial charge in [-0.15, -0.1) is 0 Å². The normalized spacial score (nSPS) is 15.9. The lowest BCUT2D eigenvalue weighted by Crippen LogP contribution is -2.41. The summed E-state index contributed by atoms with van der Waals surface area (Å²) < 4.78 is 5.13. The molecule has 1 fully saturated rings. The van der Waals surface area contributed by atoms with Gasteiger partial charge in [-0.2, -0.15) is 0 Å². The van der Waals surface area contributed by atoms with Crippen LogP contribution in [0.3, 0.4) is 0 Å². The molecule has 0 spiro atoms. The van der Waals surface area contributed by atoms with E-state index in [1.807, 2.05) is 0 Å². The van der Waals surface area contributed by atoms with Gasteiger partial charge in [0.05, 0.1) is 19.6 Å². The van der Waals surface area contributed by atoms with E-state index in [9.17, 15) is 9.59 Å². The van der Waals surface area contributed by atoms with Gasteiger partial charge in [0.1, 0.15) is 0 Å². The molecule has 0 unspecified atom stereocenters. The van der Waals surface area contributed by atoms with Crippen molar-refractivity contribution in [2.24, 2.45) is 0 Å². The van der Waals surface area contributed by atoms with E-state index < -0.39 is 0 Å². The van der Waals surface area contributed by atoms with Gasteiger partial charge in [0.25, 0.3) is 0 Å². The molecule has 116 valence electrons. The van der Waals surface area contributed by atoms with Gasteiger partial charge in [0.2, 0.25) is 5.91 Å². The van der Waals surface area contributed by atoms with Crippen LogP contribution in [0.1, 0.15) is 45.4 Å². The van der Waals surface area contributed by atoms with E-state index in [1.54, 1.807) is 10.0 Å². The molecule has 0 aliphatic carbocycles. The van der Waals surface area contributed by atoms with Gasteiger partial charge in [-0.1, -0.05) is 26.2 Å². The van der Waals surface area contributed by atoms with Gasteiger partial charge < -0.3 is 9.84 Å². The lowest BCUT2D eigenvalue weighted by Gasteiger charge is -2.26. The van der Waals surface area contributed by atoms with E-state index in [1.165, 1.54) is 0 Å². The number of aliphatic hydroxyl groups is 1. The summed E-state index contributed by atoms with van der Waals surface area (Å²) in [6, 6.07) is 0. The Morgan fingerprint density at radius 2 is 2.10 bits per heavy atom. The van der Waals surface area contributed by atoms with E-state index in [0.717, 1.165) is 25.7 Å². The molecule has 1 N–H and O–H groups in total. The summed E-state index contributed by atoms with van der Waals surface area (Å²) in [4.78, 5) is 23.2. The van der Waals surface area contributed by atoms with Crippen LogP contribution in [0, 0.1) is 0 Å². The highest BCUT2D eigenvalue weighted by Gasteiger charge is 2.28. The molecule has 0 bridgehead atoms. The molecule has 1 aliphatic rings. The number of aliphatic hydroxyl groups excluding tert-OH is 1. The first-order valence-corrected chi connectivity index (χ1v) is 7.50. The second kappa shape index (κ2) is 9.72. The Bertz CT molecular complexity index is 310. The Hall–Kier alpha value is -1.14. The minimum atomic E-state index is -0.259. The number of amides is 1. The summed E-state index contributed by atoms with van der Waals surface area (Å²) in [6.07, 6.45) is 4.96. The molecule has 0 atom stereocenters. The topological polar surface area (TPSA) is 70.1 Å². The van der Waals surface area contributed by atoms with Crippen LogP contribution in [0.25, 0.3) is 0 Å². The monoisotopic (exact) mass is 286 g/mol. The molecule has 20 heavy (non-hydrogen) atoms. The first-order chi connectivity index (χ1) is 9.69. The maximum Gasteiger partial charge on any atom is 0.307 e. The van der Waals surface area contributed by atoms with E-state index in [-0.39, 0.29) is 24.9 Å². The molecule has 0 aromatic carbocycles. The van der Waals surface area contributed by atoms with E-state index in [4.69, 9.17) is 9.84 Å². The number of rotatable bonds is 10. The number of esters is 1. The van der Waals surface area contributed by atoms with E-state index in [2.05, 4.69) is 6.92 Å². The van der Waals surface area contributed by atoms with Crippen molar-refractivity contribution in [2.45, 2.75) is 45.4 Å². The van der Waals surface area contributed by atoms with Crippen LogP contribution in [-0.2, 0) is 14.3 Å². The molecule has 0 aromatic heterocycles. The van der Waals surface area contributed by atoms with Gasteiger partial charge in [-0.05, 0) is 6.42 Å². The van der Waals surface area contributed by atoms with Crippen molar-refractivity contribution in [3.63, 3.8) is 0 Å². The van der Waals surface area contributed by atoms with Crippen LogP contribution in [-0.4, -0.2) is 59.8 Å². The maximum atomic E-state index is 11.7. The second-order valence-corrected chi connectivity index (χ2v) is 4.98. The van der Waals surface area contributed by atoms with E-state index in [0.29, 0.717) is 32.7 Å². The fourth-order valence-electron chi connectivity index (χ4n) is 2.23. The first-order valence-electron chi connectivity index (χ1n) is 7.50. The highest BCUT2D eigenvalue weighted by Crippen LogP contribution is 2.12. The Morgan fingerprint density at radius 3 is 2.80 bits per heavy atom. The summed E-state index contributed by atoms with van der Waals surface area (Å²) in [7, 11) is 0. The van der Waals surface area contributed by atoms with Crippen LogP contribution >= 0.6 is 0 Å². The number of carbonyl (C=O) groups is 2. The van der Waals surface area contributed by atoms with Crippen LogP contribution in [0.5, 0.6) is 0 Å². The zero-order valence-electron chi connectivity index (χ0n) is 12.3. The standard InChI is InChI=1S/C14H26N2O4/c1-2-3-4-5-12-20-14(19)7-9-16-13(18)6-8-15(16)10-11-17/h17H,2-12H2,1H3. The third-order valence-corrected chi connectivity index (χ3v) is 3.36. The molecule has 0 saturated carbocycles. The number of unbranched alkanes of at least 4 members (excludes halogenated alkanes) is 3. The second-order valence-electron chi connectivity index (χ2n) is 4.98. The molecular formula is C14H26N2O4. The number of carbonyl (C=O) groups excluding carboxylic acids is 2. The largest absolute Gasteiger partial charge is 0.466 e. The van der Waals surface area contributed by atoms with Gasteiger partial charge in [0.15, 0.2) is 0 Å². The van der Waals surface area contributed by atoms with Crippen molar-refractivity contribution in [1.82, 2.24) is 10.0 Å². The summed E-state index contributed by atoms with van der Waals surface area (Å²) in [5.41, 5.74) is 0. The fourth-order valence-corrected chi connectivity index (χ4v) is 2.23. The molecule has 6 heteroatoms. The molecule has 1 saturated heterocycles.